The smallest absolute Gasteiger partial charge is 0.367 e. The van der Waals surface area contributed by atoms with Gasteiger partial charge in [0.25, 0.3) is 5.91 Å². The number of amides is 1. The Bertz CT molecular complexity index is 1100. The third-order valence-corrected chi connectivity index (χ3v) is 8.35. The fourth-order valence-electron chi connectivity index (χ4n) is 3.95. The molecule has 0 unspecified atom stereocenters. The number of halogens is 3. The first-order valence-corrected chi connectivity index (χ1v) is 12.4. The summed E-state index contributed by atoms with van der Waals surface area (Å²) in [4.78, 5) is 18.2. The summed E-state index contributed by atoms with van der Waals surface area (Å²) < 4.78 is 38.0. The van der Waals surface area contributed by atoms with Crippen LogP contribution in [0.15, 0.2) is 53.6 Å². The molecule has 9 heteroatoms. The van der Waals surface area contributed by atoms with Crippen molar-refractivity contribution in [2.24, 2.45) is 5.73 Å². The number of thiophene rings is 1. The van der Waals surface area contributed by atoms with Crippen molar-refractivity contribution in [3.8, 4) is 10.4 Å². The van der Waals surface area contributed by atoms with E-state index in [0.717, 1.165) is 54.0 Å². The number of rotatable bonds is 6. The van der Waals surface area contributed by atoms with Crippen LogP contribution in [0.25, 0.3) is 10.4 Å². The summed E-state index contributed by atoms with van der Waals surface area (Å²) in [5.74, 6) is 0.0822. The van der Waals surface area contributed by atoms with Crippen molar-refractivity contribution in [3.63, 3.8) is 0 Å². The summed E-state index contributed by atoms with van der Waals surface area (Å²) in [5, 5.41) is 3.76. The molecule has 174 valence electrons. The van der Waals surface area contributed by atoms with Gasteiger partial charge in [-0.2, -0.15) is 13.2 Å². The topological polar surface area (TPSA) is 68.0 Å². The Morgan fingerprint density at radius 1 is 1.12 bits per heavy atom. The van der Waals surface area contributed by atoms with Gasteiger partial charge in [-0.3, -0.25) is 4.79 Å². The molecule has 1 aliphatic rings. The normalized spacial score (nSPS) is 18.8. The van der Waals surface area contributed by atoms with E-state index in [1.54, 1.807) is 0 Å². The molecule has 4 rings (SSSR count). The van der Waals surface area contributed by atoms with Gasteiger partial charge in [0, 0.05) is 27.3 Å². The number of carbonyl (C=O) groups is 1. The van der Waals surface area contributed by atoms with Crippen molar-refractivity contribution < 1.29 is 18.0 Å². The molecule has 1 aliphatic carbocycles. The van der Waals surface area contributed by atoms with Crippen LogP contribution in [0.5, 0.6) is 0 Å². The Labute approximate surface area is 198 Å². The van der Waals surface area contributed by atoms with Crippen LogP contribution < -0.4 is 11.1 Å². The van der Waals surface area contributed by atoms with Gasteiger partial charge in [-0.1, -0.05) is 12.1 Å². The van der Waals surface area contributed by atoms with Crippen LogP contribution in [0, 0.1) is 6.92 Å². The quantitative estimate of drug-likeness (QED) is 0.400. The lowest BCUT2D eigenvalue weighted by Crippen LogP contribution is -2.27. The van der Waals surface area contributed by atoms with Crippen molar-refractivity contribution in [1.82, 2.24) is 4.98 Å². The van der Waals surface area contributed by atoms with E-state index in [1.807, 2.05) is 24.8 Å². The molecule has 33 heavy (non-hydrogen) atoms. The summed E-state index contributed by atoms with van der Waals surface area (Å²) in [6.07, 6.45) is 0.451. The van der Waals surface area contributed by atoms with Gasteiger partial charge in [0.05, 0.1) is 10.4 Å². The van der Waals surface area contributed by atoms with E-state index in [0.29, 0.717) is 15.9 Å². The molecule has 0 saturated heterocycles. The maximum Gasteiger partial charge on any atom is 0.417 e. The van der Waals surface area contributed by atoms with Gasteiger partial charge in [0.1, 0.15) is 5.82 Å². The summed E-state index contributed by atoms with van der Waals surface area (Å²) in [5.41, 5.74) is 6.78. The van der Waals surface area contributed by atoms with Crippen molar-refractivity contribution in [2.75, 3.05) is 5.32 Å². The number of anilines is 1. The Kier molecular flexibility index (Phi) is 6.99. The minimum atomic E-state index is -4.37. The molecule has 0 atom stereocenters. The lowest BCUT2D eigenvalue weighted by atomic mass is 9.95. The maximum atomic E-state index is 12.7. The molecule has 1 amide bonds. The fraction of sp³-hybridized carbons (Fsp3) is 0.333. The zero-order chi connectivity index (χ0) is 23.6. The molecular weight excluding hydrogens is 467 g/mol. The Hall–Kier alpha value is -2.52. The van der Waals surface area contributed by atoms with Gasteiger partial charge in [-0.25, -0.2) is 4.98 Å². The third-order valence-electron chi connectivity index (χ3n) is 5.70. The summed E-state index contributed by atoms with van der Waals surface area (Å²) in [6.45, 7) is 1.98. The second-order valence-electron chi connectivity index (χ2n) is 8.18. The molecule has 4 nitrogen and oxygen atoms in total. The number of thioether (sulfide) groups is 1. The minimum Gasteiger partial charge on any atom is -0.367 e. The predicted molar refractivity (Wildman–Crippen MR) is 128 cm³/mol. The van der Waals surface area contributed by atoms with Gasteiger partial charge in [-0.05, 0) is 74.1 Å². The van der Waals surface area contributed by atoms with Crippen molar-refractivity contribution in [1.29, 1.82) is 0 Å². The number of nitrogens with two attached hydrogens (primary N) is 1. The predicted octanol–water partition coefficient (Wildman–Crippen LogP) is 6.75. The first kappa shape index (κ1) is 23.6. The molecule has 2 heterocycles. The van der Waals surface area contributed by atoms with Gasteiger partial charge in [-0.15, -0.1) is 23.1 Å². The van der Waals surface area contributed by atoms with Gasteiger partial charge in [0.15, 0.2) is 0 Å². The highest BCUT2D eigenvalue weighted by molar-refractivity contribution is 8.00. The van der Waals surface area contributed by atoms with Crippen LogP contribution in [-0.4, -0.2) is 22.2 Å². The number of nitrogens with zero attached hydrogens (tertiary/aromatic N) is 1. The molecule has 3 aromatic rings. The minimum absolute atomic E-state index is 0.217. The average Bonchev–Trinajstić information content (AvgIpc) is 3.17. The number of nitrogens with one attached hydrogen (secondary N) is 1. The fourth-order valence-corrected chi connectivity index (χ4v) is 6.16. The lowest BCUT2D eigenvalue weighted by Gasteiger charge is -2.29. The largest absolute Gasteiger partial charge is 0.417 e. The van der Waals surface area contributed by atoms with Crippen LogP contribution in [0.4, 0.5) is 19.0 Å². The van der Waals surface area contributed by atoms with Crippen molar-refractivity contribution >= 4 is 34.8 Å². The number of aromatic nitrogens is 1. The summed E-state index contributed by atoms with van der Waals surface area (Å²) >= 11 is 3.27. The van der Waals surface area contributed by atoms with Crippen LogP contribution in [-0.2, 0) is 6.18 Å². The molecular formula is C24H24F3N3OS2. The number of primary amides is 1. The Morgan fingerprint density at radius 3 is 2.36 bits per heavy atom. The molecule has 0 bridgehead atoms. The van der Waals surface area contributed by atoms with Crippen LogP contribution in [0.3, 0.4) is 0 Å². The highest BCUT2D eigenvalue weighted by Crippen LogP contribution is 2.37. The average molecular weight is 492 g/mol. The second-order valence-corrected chi connectivity index (χ2v) is 10.6. The first-order chi connectivity index (χ1) is 15.7. The van der Waals surface area contributed by atoms with Crippen LogP contribution in [0.2, 0.25) is 0 Å². The van der Waals surface area contributed by atoms with E-state index in [-0.39, 0.29) is 6.04 Å². The number of hydrogen-bond donors (Lipinski definition) is 2. The molecule has 1 saturated carbocycles. The Balaban J connectivity index is 1.29. The summed E-state index contributed by atoms with van der Waals surface area (Å²) in [7, 11) is 0. The van der Waals surface area contributed by atoms with E-state index < -0.39 is 17.6 Å². The SMILES string of the molecule is Cc1cc(C(N)=O)sc1-c1ccc(S[C@H]2CC[C@H](Nc3ccc(C(F)(F)F)cn3)CC2)cc1. The lowest BCUT2D eigenvalue weighted by molar-refractivity contribution is -0.137. The van der Waals surface area contributed by atoms with Crippen molar-refractivity contribution in [3.05, 3.63) is 64.7 Å². The standard InChI is InChI=1S/C24H24F3N3OS2/c1-14-12-20(23(28)31)33-22(14)15-2-7-18(8-3-15)32-19-9-5-17(6-10-19)30-21-11-4-16(13-29-21)24(25,26)27/h2-4,7-8,11-13,17,19H,5-6,9-10H2,1H3,(H2,28,31)(H,29,30)/t17-,19-. The van der Waals surface area contributed by atoms with E-state index in [2.05, 4.69) is 34.6 Å². The third kappa shape index (κ3) is 5.89. The molecule has 3 N–H and O–H groups in total. The molecule has 0 radical (unpaired) electrons. The first-order valence-electron chi connectivity index (χ1n) is 10.7. The summed E-state index contributed by atoms with van der Waals surface area (Å²) in [6, 6.07) is 12.9. The number of pyridine rings is 1. The van der Waals surface area contributed by atoms with E-state index in [4.69, 9.17) is 5.73 Å². The second kappa shape index (κ2) is 9.77. The van der Waals surface area contributed by atoms with Crippen LogP contribution in [0.1, 0.15) is 46.5 Å². The number of carbonyl (C=O) groups excluding carboxylic acids is 1. The van der Waals surface area contributed by atoms with Crippen LogP contribution >= 0.6 is 23.1 Å². The highest BCUT2D eigenvalue weighted by atomic mass is 32.2. The zero-order valence-corrected chi connectivity index (χ0v) is 19.6. The molecule has 1 fully saturated rings. The number of alkyl halides is 3. The number of hydrogen-bond acceptors (Lipinski definition) is 5. The van der Waals surface area contributed by atoms with Gasteiger partial charge in [0.2, 0.25) is 0 Å². The zero-order valence-electron chi connectivity index (χ0n) is 18.0. The molecule has 0 aliphatic heterocycles. The molecule has 1 aromatic carbocycles. The molecule has 2 aromatic heterocycles. The maximum absolute atomic E-state index is 12.7. The van der Waals surface area contributed by atoms with E-state index in [9.17, 15) is 18.0 Å². The van der Waals surface area contributed by atoms with Crippen molar-refractivity contribution in [2.45, 2.75) is 55.0 Å². The number of benzene rings is 1. The monoisotopic (exact) mass is 491 g/mol. The highest BCUT2D eigenvalue weighted by Gasteiger charge is 2.31. The molecule has 0 spiro atoms. The Morgan fingerprint density at radius 2 is 1.82 bits per heavy atom. The van der Waals surface area contributed by atoms with Gasteiger partial charge >= 0.3 is 6.18 Å². The van der Waals surface area contributed by atoms with Gasteiger partial charge < -0.3 is 11.1 Å². The van der Waals surface area contributed by atoms with E-state index in [1.165, 1.54) is 22.3 Å². The van der Waals surface area contributed by atoms with E-state index >= 15 is 0 Å². The number of aryl methyl sites for hydroxylation is 1.